The van der Waals surface area contributed by atoms with Crippen molar-refractivity contribution in [1.29, 1.82) is 0 Å². The molecule has 0 atom stereocenters. The second-order valence-corrected chi connectivity index (χ2v) is 6.85. The normalized spacial score (nSPS) is 14.0. The molecule has 1 aliphatic rings. The molecule has 0 unspecified atom stereocenters. The van der Waals surface area contributed by atoms with Gasteiger partial charge in [0.15, 0.2) is 6.61 Å². The van der Waals surface area contributed by atoms with Crippen LogP contribution in [0, 0.1) is 3.57 Å². The van der Waals surface area contributed by atoms with Crippen LogP contribution in [0.15, 0.2) is 42.6 Å². The van der Waals surface area contributed by atoms with E-state index in [9.17, 15) is 9.59 Å². The summed E-state index contributed by atoms with van der Waals surface area (Å²) < 4.78 is 11.6. The molecule has 2 aromatic rings. The van der Waals surface area contributed by atoms with Gasteiger partial charge in [-0.15, -0.1) is 0 Å². The Morgan fingerprint density at radius 1 is 1.19 bits per heavy atom. The Kier molecular flexibility index (Phi) is 6.40. The van der Waals surface area contributed by atoms with Gasteiger partial charge in [-0.25, -0.2) is 9.78 Å². The largest absolute Gasteiger partial charge is 0.452 e. The fourth-order valence-electron chi connectivity index (χ4n) is 2.52. The molecular weight excluding hydrogens is 449 g/mol. The summed E-state index contributed by atoms with van der Waals surface area (Å²) in [4.78, 5) is 30.7. The first-order valence-electron chi connectivity index (χ1n) is 8.14. The van der Waals surface area contributed by atoms with E-state index in [2.05, 4.69) is 32.9 Å². The maximum absolute atomic E-state index is 12.4. The van der Waals surface area contributed by atoms with Crippen LogP contribution in [0.25, 0.3) is 0 Å². The summed E-state index contributed by atoms with van der Waals surface area (Å²) in [5.41, 5.74) is 0.998. The minimum Gasteiger partial charge on any atom is -0.452 e. The predicted molar refractivity (Wildman–Crippen MR) is 105 cm³/mol. The Labute approximate surface area is 164 Å². The van der Waals surface area contributed by atoms with Gasteiger partial charge in [0.1, 0.15) is 11.4 Å². The number of nitrogens with one attached hydrogen (secondary N) is 1. The van der Waals surface area contributed by atoms with Crippen molar-refractivity contribution in [2.45, 2.75) is 0 Å². The number of ether oxygens (including phenoxy) is 2. The molecule has 136 valence electrons. The molecule has 0 saturated carbocycles. The monoisotopic (exact) mass is 467 g/mol. The van der Waals surface area contributed by atoms with E-state index in [1.807, 2.05) is 17.0 Å². The first kappa shape index (κ1) is 18.6. The van der Waals surface area contributed by atoms with Crippen molar-refractivity contribution in [1.82, 2.24) is 4.98 Å². The number of carbonyl (C=O) groups excluding carboxylic acids is 2. The first-order chi connectivity index (χ1) is 12.6. The van der Waals surface area contributed by atoms with Gasteiger partial charge < -0.3 is 19.7 Å². The van der Waals surface area contributed by atoms with Gasteiger partial charge in [-0.05, 0) is 59.0 Å². The molecule has 0 spiro atoms. The van der Waals surface area contributed by atoms with Crippen molar-refractivity contribution in [3.8, 4) is 0 Å². The highest BCUT2D eigenvalue weighted by atomic mass is 127. The van der Waals surface area contributed by atoms with Crippen molar-refractivity contribution in [2.75, 3.05) is 43.1 Å². The number of anilines is 2. The third-order valence-electron chi connectivity index (χ3n) is 3.78. The maximum atomic E-state index is 12.4. The molecule has 1 fully saturated rings. The number of amides is 1. The average Bonchev–Trinajstić information content (AvgIpc) is 2.68. The lowest BCUT2D eigenvalue weighted by Crippen LogP contribution is -2.37. The van der Waals surface area contributed by atoms with E-state index >= 15 is 0 Å². The van der Waals surface area contributed by atoms with E-state index in [1.54, 1.807) is 30.5 Å². The fraction of sp³-hybridized carbons (Fsp3) is 0.278. The molecule has 0 aliphatic carbocycles. The lowest BCUT2D eigenvalue weighted by Gasteiger charge is -2.28. The van der Waals surface area contributed by atoms with Crippen LogP contribution in [0.1, 0.15) is 10.4 Å². The van der Waals surface area contributed by atoms with E-state index in [1.165, 1.54) is 0 Å². The van der Waals surface area contributed by atoms with Gasteiger partial charge in [-0.3, -0.25) is 4.79 Å². The zero-order valence-electron chi connectivity index (χ0n) is 14.0. The smallest absolute Gasteiger partial charge is 0.342 e. The van der Waals surface area contributed by atoms with Gasteiger partial charge in [-0.1, -0.05) is 0 Å². The molecule has 1 aromatic heterocycles. The molecule has 3 rings (SSSR count). The summed E-state index contributed by atoms with van der Waals surface area (Å²) >= 11 is 2.18. The zero-order valence-corrected chi connectivity index (χ0v) is 16.1. The van der Waals surface area contributed by atoms with Crippen molar-refractivity contribution in [3.05, 3.63) is 51.7 Å². The molecule has 0 bridgehead atoms. The highest BCUT2D eigenvalue weighted by Gasteiger charge is 2.21. The summed E-state index contributed by atoms with van der Waals surface area (Å²) in [7, 11) is 0. The minimum absolute atomic E-state index is 0.344. The van der Waals surface area contributed by atoms with Crippen LogP contribution < -0.4 is 10.2 Å². The van der Waals surface area contributed by atoms with E-state index in [0.29, 0.717) is 43.4 Å². The summed E-state index contributed by atoms with van der Waals surface area (Å²) in [6, 6.07) is 10.7. The standard InChI is InChI=1S/C18H18IN3O4/c19-13-3-5-14(6-4-13)21-16(23)12-26-18(24)15-2-1-7-20-17(15)22-8-10-25-11-9-22/h1-7H,8-12H2,(H,21,23). The molecule has 1 aromatic carbocycles. The van der Waals surface area contributed by atoms with Crippen molar-refractivity contribution in [2.24, 2.45) is 0 Å². The van der Waals surface area contributed by atoms with Crippen molar-refractivity contribution < 1.29 is 19.1 Å². The maximum Gasteiger partial charge on any atom is 0.342 e. The lowest BCUT2D eigenvalue weighted by atomic mass is 10.2. The SMILES string of the molecule is O=C(COC(=O)c1cccnc1N1CCOCC1)Nc1ccc(I)cc1. The summed E-state index contributed by atoms with van der Waals surface area (Å²) in [5, 5.41) is 2.69. The lowest BCUT2D eigenvalue weighted by molar-refractivity contribution is -0.119. The Morgan fingerprint density at radius 2 is 1.92 bits per heavy atom. The van der Waals surface area contributed by atoms with Crippen LogP contribution in [-0.2, 0) is 14.3 Å². The highest BCUT2D eigenvalue weighted by molar-refractivity contribution is 14.1. The summed E-state index contributed by atoms with van der Waals surface area (Å²) in [6.45, 7) is 2.13. The number of pyridine rings is 1. The molecule has 2 heterocycles. The second kappa shape index (κ2) is 8.95. The predicted octanol–water partition coefficient (Wildman–Crippen LogP) is 2.32. The van der Waals surface area contributed by atoms with E-state index in [-0.39, 0.29) is 6.61 Å². The number of benzene rings is 1. The van der Waals surface area contributed by atoms with Crippen LogP contribution >= 0.6 is 22.6 Å². The molecule has 1 amide bonds. The highest BCUT2D eigenvalue weighted by Crippen LogP contribution is 2.19. The van der Waals surface area contributed by atoms with E-state index in [4.69, 9.17) is 9.47 Å². The number of carbonyl (C=O) groups is 2. The molecule has 1 saturated heterocycles. The Balaban J connectivity index is 1.59. The Hall–Kier alpha value is -2.20. The van der Waals surface area contributed by atoms with Crippen LogP contribution in [0.4, 0.5) is 11.5 Å². The topological polar surface area (TPSA) is 80.8 Å². The van der Waals surface area contributed by atoms with Crippen LogP contribution in [0.3, 0.4) is 0 Å². The number of nitrogens with zero attached hydrogens (tertiary/aromatic N) is 2. The minimum atomic E-state index is -0.572. The van der Waals surface area contributed by atoms with Gasteiger partial charge in [-0.2, -0.15) is 0 Å². The van der Waals surface area contributed by atoms with E-state index < -0.39 is 11.9 Å². The van der Waals surface area contributed by atoms with Crippen LogP contribution in [0.2, 0.25) is 0 Å². The molecule has 26 heavy (non-hydrogen) atoms. The fourth-order valence-corrected chi connectivity index (χ4v) is 2.88. The number of morpholine rings is 1. The summed E-state index contributed by atoms with van der Waals surface area (Å²) in [5.74, 6) is -0.410. The summed E-state index contributed by atoms with van der Waals surface area (Å²) in [6.07, 6.45) is 1.63. The zero-order chi connectivity index (χ0) is 18.4. The first-order valence-corrected chi connectivity index (χ1v) is 9.21. The number of hydrogen-bond acceptors (Lipinski definition) is 6. The quantitative estimate of drug-likeness (QED) is 0.537. The number of aromatic nitrogens is 1. The number of halogens is 1. The molecule has 7 nitrogen and oxygen atoms in total. The second-order valence-electron chi connectivity index (χ2n) is 5.61. The van der Waals surface area contributed by atoms with Crippen LogP contribution in [-0.4, -0.2) is 49.8 Å². The van der Waals surface area contributed by atoms with Crippen molar-refractivity contribution >= 4 is 46.0 Å². The van der Waals surface area contributed by atoms with Crippen LogP contribution in [0.5, 0.6) is 0 Å². The third-order valence-corrected chi connectivity index (χ3v) is 4.50. The van der Waals surface area contributed by atoms with Gasteiger partial charge in [0.05, 0.1) is 13.2 Å². The van der Waals surface area contributed by atoms with Gasteiger partial charge in [0.25, 0.3) is 5.91 Å². The molecular formula is C18H18IN3O4. The van der Waals surface area contributed by atoms with Gasteiger partial charge in [0.2, 0.25) is 0 Å². The molecule has 1 N–H and O–H groups in total. The van der Waals surface area contributed by atoms with Gasteiger partial charge >= 0.3 is 5.97 Å². The number of hydrogen-bond donors (Lipinski definition) is 1. The third kappa shape index (κ3) is 4.92. The van der Waals surface area contributed by atoms with Crippen molar-refractivity contribution in [3.63, 3.8) is 0 Å². The molecule has 8 heteroatoms. The van der Waals surface area contributed by atoms with E-state index in [0.717, 1.165) is 3.57 Å². The Bertz CT molecular complexity index is 776. The number of rotatable bonds is 5. The average molecular weight is 467 g/mol. The Morgan fingerprint density at radius 3 is 2.65 bits per heavy atom. The molecule has 1 aliphatic heterocycles. The number of esters is 1. The van der Waals surface area contributed by atoms with Gasteiger partial charge in [0, 0.05) is 28.5 Å². The molecule has 0 radical (unpaired) electrons.